The predicted molar refractivity (Wildman–Crippen MR) is 143 cm³/mol. The Kier molecular flexibility index (Phi) is 12.2. The first-order valence-electron chi connectivity index (χ1n) is 11.8. The summed E-state index contributed by atoms with van der Waals surface area (Å²) in [7, 11) is 0. The van der Waals surface area contributed by atoms with Gasteiger partial charge in [-0.15, -0.1) is 0 Å². The molecule has 1 saturated heterocycles. The minimum absolute atomic E-state index is 0.00286. The van der Waals surface area contributed by atoms with Gasteiger partial charge in [-0.2, -0.15) is 0 Å². The monoisotopic (exact) mass is 488 g/mol. The predicted octanol–water partition coefficient (Wildman–Crippen LogP) is 6.84. The van der Waals surface area contributed by atoms with Crippen molar-refractivity contribution in [3.05, 3.63) is 71.9 Å². The molecule has 0 spiro atoms. The number of hydrogen-bond acceptors (Lipinski definition) is 3. The molecule has 0 aliphatic carbocycles. The molecule has 0 bridgehead atoms. The number of piperidine rings is 1. The number of allylic oxidation sites excluding steroid dienone is 9. The van der Waals surface area contributed by atoms with Crippen LogP contribution in [0, 0.1) is 5.41 Å². The Balaban J connectivity index is 2.93. The summed E-state index contributed by atoms with van der Waals surface area (Å²) in [6.45, 7) is 18.5. The second-order valence-corrected chi connectivity index (χ2v) is 10.0. The zero-order valence-electron chi connectivity index (χ0n) is 21.5. The van der Waals surface area contributed by atoms with E-state index in [1.54, 1.807) is 11.0 Å². The van der Waals surface area contributed by atoms with Crippen LogP contribution in [0.2, 0.25) is 0 Å². The van der Waals surface area contributed by atoms with E-state index in [9.17, 15) is 9.59 Å². The number of hydrogen-bond donors (Lipinski definition) is 1. The van der Waals surface area contributed by atoms with E-state index in [2.05, 4.69) is 18.5 Å². The van der Waals surface area contributed by atoms with E-state index in [0.29, 0.717) is 50.3 Å². The molecule has 1 N–H and O–H groups in total. The highest BCUT2D eigenvalue weighted by Crippen LogP contribution is 2.36. The highest BCUT2D eigenvalue weighted by molar-refractivity contribution is 6.31. The molecule has 0 radical (unpaired) electrons. The maximum absolute atomic E-state index is 13.4. The summed E-state index contributed by atoms with van der Waals surface area (Å²) in [6, 6.07) is 0. The van der Waals surface area contributed by atoms with Gasteiger partial charge in [-0.25, -0.2) is 4.79 Å². The van der Waals surface area contributed by atoms with Gasteiger partial charge in [0.05, 0.1) is 5.41 Å². The van der Waals surface area contributed by atoms with Crippen LogP contribution in [0.15, 0.2) is 71.9 Å². The Morgan fingerprint density at radius 1 is 1.18 bits per heavy atom. The number of halogens is 1. The smallest absolute Gasteiger partial charge is 0.410 e. The van der Waals surface area contributed by atoms with Crippen molar-refractivity contribution in [1.29, 1.82) is 0 Å². The van der Waals surface area contributed by atoms with Gasteiger partial charge in [0.1, 0.15) is 5.60 Å². The molecule has 34 heavy (non-hydrogen) atoms. The molecular formula is C28H41ClN2O3. The average Bonchev–Trinajstić information content (AvgIpc) is 2.75. The molecule has 0 aromatic rings. The molecule has 0 atom stereocenters. The van der Waals surface area contributed by atoms with Gasteiger partial charge in [0.15, 0.2) is 0 Å². The maximum atomic E-state index is 13.4. The van der Waals surface area contributed by atoms with Gasteiger partial charge < -0.3 is 15.0 Å². The molecule has 6 heteroatoms. The lowest BCUT2D eigenvalue weighted by atomic mass is 9.74. The van der Waals surface area contributed by atoms with Gasteiger partial charge in [-0.3, -0.25) is 4.79 Å². The lowest BCUT2D eigenvalue weighted by Crippen LogP contribution is -2.51. The molecule has 1 aliphatic heterocycles. The summed E-state index contributed by atoms with van der Waals surface area (Å²) in [5.41, 5.74) is 0.682. The normalized spacial score (nSPS) is 17.2. The van der Waals surface area contributed by atoms with Crippen molar-refractivity contribution in [2.45, 2.75) is 65.9 Å². The van der Waals surface area contributed by atoms with Crippen LogP contribution in [0.1, 0.15) is 60.3 Å². The van der Waals surface area contributed by atoms with Crippen LogP contribution in [0.5, 0.6) is 0 Å². The van der Waals surface area contributed by atoms with E-state index in [4.69, 9.17) is 16.3 Å². The van der Waals surface area contributed by atoms with Crippen molar-refractivity contribution in [1.82, 2.24) is 10.2 Å². The third-order valence-electron chi connectivity index (χ3n) is 5.63. The molecule has 1 aliphatic rings. The third-order valence-corrected chi connectivity index (χ3v) is 5.99. The minimum atomic E-state index is -0.586. The van der Waals surface area contributed by atoms with Crippen LogP contribution in [0.3, 0.4) is 0 Å². The van der Waals surface area contributed by atoms with E-state index in [1.165, 1.54) is 0 Å². The summed E-state index contributed by atoms with van der Waals surface area (Å²) in [5, 5.41) is 3.75. The molecule has 2 amide bonds. The standard InChI is InChI=1S/C28H41ClN2O3/c1-8-10-11-12-13-16-28(17-20-31(21-18-28)26(33)34-27(5,6)7)25(32)30-19-15-23(22(3)4)24(29)14-9-2/h8-14H,1,3,15-21H2,2,4-7H3,(H,30,32)/b11-10-,13-12-,14-9-,24-23+. The number of likely N-dealkylation sites (tertiary alicyclic amines) is 1. The van der Waals surface area contributed by atoms with Crippen LogP contribution >= 0.6 is 11.6 Å². The highest BCUT2D eigenvalue weighted by Gasteiger charge is 2.41. The van der Waals surface area contributed by atoms with E-state index < -0.39 is 11.0 Å². The second-order valence-electron chi connectivity index (χ2n) is 9.61. The van der Waals surface area contributed by atoms with Crippen molar-refractivity contribution in [3.63, 3.8) is 0 Å². The van der Waals surface area contributed by atoms with Gasteiger partial charge >= 0.3 is 6.09 Å². The number of carbonyl (C=O) groups is 2. The van der Waals surface area contributed by atoms with Gasteiger partial charge in [-0.05, 0) is 72.0 Å². The number of ether oxygens (including phenoxy) is 1. The Bertz CT molecular complexity index is 851. The maximum Gasteiger partial charge on any atom is 0.410 e. The van der Waals surface area contributed by atoms with Crippen LogP contribution < -0.4 is 5.32 Å². The topological polar surface area (TPSA) is 58.6 Å². The quantitative estimate of drug-likeness (QED) is 0.342. The zero-order valence-corrected chi connectivity index (χ0v) is 22.2. The van der Waals surface area contributed by atoms with Crippen LogP contribution in [0.25, 0.3) is 0 Å². The molecule has 1 fully saturated rings. The largest absolute Gasteiger partial charge is 0.444 e. The molecule has 1 heterocycles. The molecule has 0 saturated carbocycles. The number of nitrogens with zero attached hydrogens (tertiary/aromatic N) is 1. The van der Waals surface area contributed by atoms with Crippen molar-refractivity contribution in [3.8, 4) is 0 Å². The number of amides is 2. The lowest BCUT2D eigenvalue weighted by Gasteiger charge is -2.40. The Morgan fingerprint density at radius 3 is 2.35 bits per heavy atom. The third kappa shape index (κ3) is 9.76. The highest BCUT2D eigenvalue weighted by atomic mass is 35.5. The Morgan fingerprint density at radius 2 is 1.82 bits per heavy atom. The van der Waals surface area contributed by atoms with E-state index in [0.717, 1.165) is 11.1 Å². The number of nitrogens with one attached hydrogen (secondary N) is 1. The average molecular weight is 489 g/mol. The number of rotatable bonds is 10. The minimum Gasteiger partial charge on any atom is -0.444 e. The second kappa shape index (κ2) is 14.0. The molecule has 5 nitrogen and oxygen atoms in total. The van der Waals surface area contributed by atoms with Gasteiger partial charge in [0.2, 0.25) is 5.91 Å². The van der Waals surface area contributed by atoms with Crippen LogP contribution in [-0.4, -0.2) is 42.1 Å². The van der Waals surface area contributed by atoms with Gasteiger partial charge in [0, 0.05) is 24.7 Å². The van der Waals surface area contributed by atoms with Gasteiger partial charge in [0.25, 0.3) is 0 Å². The summed E-state index contributed by atoms with van der Waals surface area (Å²) >= 11 is 6.38. The zero-order chi connectivity index (χ0) is 25.8. The van der Waals surface area contributed by atoms with Crippen molar-refractivity contribution >= 4 is 23.6 Å². The van der Waals surface area contributed by atoms with Crippen molar-refractivity contribution in [2.75, 3.05) is 19.6 Å². The van der Waals surface area contributed by atoms with Crippen LogP contribution in [0.4, 0.5) is 4.79 Å². The molecule has 1 rings (SSSR count). The van der Waals surface area contributed by atoms with Crippen molar-refractivity contribution < 1.29 is 14.3 Å². The van der Waals surface area contributed by atoms with Crippen LogP contribution in [-0.2, 0) is 9.53 Å². The van der Waals surface area contributed by atoms with E-state index in [-0.39, 0.29) is 12.0 Å². The summed E-state index contributed by atoms with van der Waals surface area (Å²) in [5.74, 6) is -0.00286. The fourth-order valence-electron chi connectivity index (χ4n) is 3.75. The SMILES string of the molecule is C=C/C=C\C=C/CC1(C(=O)NCC/C(C(=C)C)=C(Cl)/C=C\C)CCN(C(=O)OC(C)(C)C)CC1. The fraction of sp³-hybridized carbons (Fsp3) is 0.500. The molecule has 0 aromatic carbocycles. The van der Waals surface area contributed by atoms with Gasteiger partial charge in [-0.1, -0.05) is 66.8 Å². The molecule has 188 valence electrons. The number of carbonyl (C=O) groups excluding carboxylic acids is 2. The van der Waals surface area contributed by atoms with E-state index in [1.807, 2.05) is 71.1 Å². The fourth-order valence-corrected chi connectivity index (χ4v) is 4.14. The first-order valence-corrected chi connectivity index (χ1v) is 12.2. The molecular weight excluding hydrogens is 448 g/mol. The molecule has 0 aromatic heterocycles. The lowest BCUT2D eigenvalue weighted by molar-refractivity contribution is -0.133. The Hall–Kier alpha value is -2.53. The van der Waals surface area contributed by atoms with E-state index >= 15 is 0 Å². The first kappa shape index (κ1) is 29.5. The summed E-state index contributed by atoms with van der Waals surface area (Å²) in [4.78, 5) is 27.6. The molecule has 0 unspecified atom stereocenters. The summed E-state index contributed by atoms with van der Waals surface area (Å²) < 4.78 is 5.51. The summed E-state index contributed by atoms with van der Waals surface area (Å²) in [6.07, 6.45) is 15.1. The van der Waals surface area contributed by atoms with Crippen molar-refractivity contribution in [2.24, 2.45) is 5.41 Å². The first-order chi connectivity index (χ1) is 16.0. The Labute approximate surface area is 210 Å².